The van der Waals surface area contributed by atoms with Crippen molar-refractivity contribution in [3.05, 3.63) is 61.2 Å². The van der Waals surface area contributed by atoms with Crippen molar-refractivity contribution in [2.24, 2.45) is 7.05 Å². The molecule has 0 aliphatic rings. The highest BCUT2D eigenvalue weighted by Crippen LogP contribution is 2.23. The molecule has 3 rings (SSSR count). The van der Waals surface area contributed by atoms with E-state index < -0.39 is 10.0 Å². The van der Waals surface area contributed by atoms with Gasteiger partial charge in [-0.1, -0.05) is 12.1 Å². The lowest BCUT2D eigenvalue weighted by Crippen LogP contribution is -2.10. The molecule has 6 heteroatoms. The van der Waals surface area contributed by atoms with Crippen molar-refractivity contribution < 1.29 is 8.42 Å². The van der Waals surface area contributed by atoms with E-state index in [1.807, 2.05) is 19.3 Å². The number of hydrogen-bond donors (Lipinski definition) is 0. The third-order valence-electron chi connectivity index (χ3n) is 3.02. The van der Waals surface area contributed by atoms with Gasteiger partial charge in [0.05, 0.1) is 11.1 Å². The maximum Gasteiger partial charge on any atom is 0.267 e. The van der Waals surface area contributed by atoms with Crippen LogP contribution in [0, 0.1) is 0 Å². The van der Waals surface area contributed by atoms with Gasteiger partial charge in [0.2, 0.25) is 0 Å². The summed E-state index contributed by atoms with van der Waals surface area (Å²) < 4.78 is 27.7. The minimum absolute atomic E-state index is 0.259. The topological polar surface area (TPSA) is 56.9 Å². The molecular weight excluding hydrogens is 274 g/mol. The Bertz CT molecular complexity index is 833. The number of aromatic nitrogens is 3. The third-order valence-corrected chi connectivity index (χ3v) is 4.67. The molecule has 0 spiro atoms. The van der Waals surface area contributed by atoms with E-state index in [1.54, 1.807) is 41.2 Å². The van der Waals surface area contributed by atoms with Gasteiger partial charge in [-0.05, 0) is 29.8 Å². The zero-order valence-corrected chi connectivity index (χ0v) is 11.7. The van der Waals surface area contributed by atoms with Crippen molar-refractivity contribution in [3.8, 4) is 11.1 Å². The molecule has 0 fully saturated rings. The lowest BCUT2D eigenvalue weighted by Gasteiger charge is -2.07. The maximum atomic E-state index is 12.4. The number of rotatable bonds is 3. The molecule has 0 aliphatic carbocycles. The number of nitrogens with zero attached hydrogens (tertiary/aromatic N) is 3. The molecule has 2 heterocycles. The molecule has 0 unspecified atom stereocenters. The first-order chi connectivity index (χ1) is 9.57. The highest BCUT2D eigenvalue weighted by Gasteiger charge is 2.16. The lowest BCUT2D eigenvalue weighted by atomic mass is 10.1. The first-order valence-electron chi connectivity index (χ1n) is 6.05. The van der Waals surface area contributed by atoms with Gasteiger partial charge < -0.3 is 0 Å². The van der Waals surface area contributed by atoms with E-state index in [1.165, 1.54) is 16.4 Å². The molecule has 20 heavy (non-hydrogen) atoms. The summed E-state index contributed by atoms with van der Waals surface area (Å²) in [5.74, 6) is 0. The molecule has 0 N–H and O–H groups in total. The summed E-state index contributed by atoms with van der Waals surface area (Å²) in [6, 6.07) is 10.2. The Morgan fingerprint density at radius 3 is 2.45 bits per heavy atom. The van der Waals surface area contributed by atoms with Crippen LogP contribution in [0.25, 0.3) is 11.1 Å². The van der Waals surface area contributed by atoms with E-state index in [9.17, 15) is 8.42 Å². The van der Waals surface area contributed by atoms with Gasteiger partial charge >= 0.3 is 0 Å². The molecule has 0 atom stereocenters. The van der Waals surface area contributed by atoms with Crippen LogP contribution in [0.2, 0.25) is 0 Å². The summed E-state index contributed by atoms with van der Waals surface area (Å²) in [7, 11) is -1.71. The summed E-state index contributed by atoms with van der Waals surface area (Å²) in [4.78, 5) is 0.259. The van der Waals surface area contributed by atoms with Crippen molar-refractivity contribution in [1.82, 2.24) is 13.8 Å². The van der Waals surface area contributed by atoms with E-state index in [-0.39, 0.29) is 4.90 Å². The van der Waals surface area contributed by atoms with Crippen LogP contribution in [-0.4, -0.2) is 22.2 Å². The van der Waals surface area contributed by atoms with Crippen LogP contribution < -0.4 is 0 Å². The zero-order valence-electron chi connectivity index (χ0n) is 10.8. The normalized spacial score (nSPS) is 11.7. The highest BCUT2D eigenvalue weighted by atomic mass is 32.2. The molecule has 0 saturated carbocycles. The van der Waals surface area contributed by atoms with Gasteiger partial charge in [0.15, 0.2) is 0 Å². The summed E-state index contributed by atoms with van der Waals surface area (Å²) in [5.41, 5.74) is 1.71. The van der Waals surface area contributed by atoms with Crippen LogP contribution >= 0.6 is 0 Å². The lowest BCUT2D eigenvalue weighted by molar-refractivity contribution is 0.587. The number of benzene rings is 1. The average molecular weight is 287 g/mol. The second-order valence-corrected chi connectivity index (χ2v) is 6.29. The van der Waals surface area contributed by atoms with E-state index in [4.69, 9.17) is 0 Å². The Balaban J connectivity index is 2.09. The van der Waals surface area contributed by atoms with E-state index >= 15 is 0 Å². The standard InChI is InChI=1S/C14H13N3O2S/c1-16-11-13(10-15-16)12-5-4-6-14(9-12)20(18,19)17-7-2-3-8-17/h2-11H,1H3. The quantitative estimate of drug-likeness (QED) is 0.741. The van der Waals surface area contributed by atoms with E-state index in [0.717, 1.165) is 11.1 Å². The summed E-state index contributed by atoms with van der Waals surface area (Å²) >= 11 is 0. The number of hydrogen-bond acceptors (Lipinski definition) is 3. The average Bonchev–Trinajstić information content (AvgIpc) is 3.10. The van der Waals surface area contributed by atoms with Gasteiger partial charge in [-0.3, -0.25) is 4.68 Å². The second kappa shape index (κ2) is 4.64. The van der Waals surface area contributed by atoms with E-state index in [2.05, 4.69) is 5.10 Å². The fourth-order valence-corrected chi connectivity index (χ4v) is 3.24. The molecule has 0 amide bonds. The Morgan fingerprint density at radius 1 is 1.05 bits per heavy atom. The van der Waals surface area contributed by atoms with Crippen LogP contribution in [-0.2, 0) is 17.1 Å². The first-order valence-corrected chi connectivity index (χ1v) is 7.49. The van der Waals surface area contributed by atoms with Crippen molar-refractivity contribution in [2.45, 2.75) is 4.90 Å². The molecule has 102 valence electrons. The first kappa shape index (κ1) is 12.7. The largest absolute Gasteiger partial charge is 0.275 e. The van der Waals surface area contributed by atoms with Crippen molar-refractivity contribution in [1.29, 1.82) is 0 Å². The SMILES string of the molecule is Cn1cc(-c2cccc(S(=O)(=O)n3cccc3)c2)cn1. The van der Waals surface area contributed by atoms with Gasteiger partial charge in [-0.2, -0.15) is 5.10 Å². The summed E-state index contributed by atoms with van der Waals surface area (Å²) in [5, 5.41) is 4.10. The molecule has 5 nitrogen and oxygen atoms in total. The monoisotopic (exact) mass is 287 g/mol. The Hall–Kier alpha value is -2.34. The minimum Gasteiger partial charge on any atom is -0.275 e. The maximum absolute atomic E-state index is 12.4. The second-order valence-electron chi connectivity index (χ2n) is 4.45. The van der Waals surface area contributed by atoms with Crippen LogP contribution in [0.1, 0.15) is 0 Å². The minimum atomic E-state index is -3.53. The molecule has 3 aromatic rings. The van der Waals surface area contributed by atoms with Crippen LogP contribution in [0.3, 0.4) is 0 Å². The van der Waals surface area contributed by atoms with Gasteiger partial charge in [0.25, 0.3) is 10.0 Å². The summed E-state index contributed by atoms with van der Waals surface area (Å²) in [6.45, 7) is 0. The van der Waals surface area contributed by atoms with Gasteiger partial charge in [0.1, 0.15) is 0 Å². The molecule has 0 bridgehead atoms. The highest BCUT2D eigenvalue weighted by molar-refractivity contribution is 7.90. The third kappa shape index (κ3) is 2.14. The van der Waals surface area contributed by atoms with Crippen molar-refractivity contribution in [2.75, 3.05) is 0 Å². The fourth-order valence-electron chi connectivity index (χ4n) is 2.01. The van der Waals surface area contributed by atoms with Gasteiger partial charge in [-0.25, -0.2) is 12.4 Å². The summed E-state index contributed by atoms with van der Waals surface area (Å²) in [6.07, 6.45) is 6.60. The smallest absolute Gasteiger partial charge is 0.267 e. The molecule has 0 saturated heterocycles. The Labute approximate surface area is 117 Å². The predicted molar refractivity (Wildman–Crippen MR) is 75.7 cm³/mol. The van der Waals surface area contributed by atoms with E-state index in [0.29, 0.717) is 0 Å². The van der Waals surface area contributed by atoms with Gasteiger partial charge in [0, 0.05) is 31.2 Å². The van der Waals surface area contributed by atoms with Crippen molar-refractivity contribution >= 4 is 10.0 Å². The number of aryl methyl sites for hydroxylation is 1. The molecule has 1 aromatic carbocycles. The Kier molecular flexibility index (Phi) is 2.94. The van der Waals surface area contributed by atoms with Crippen molar-refractivity contribution in [3.63, 3.8) is 0 Å². The van der Waals surface area contributed by atoms with Crippen LogP contribution in [0.5, 0.6) is 0 Å². The molecule has 0 radical (unpaired) electrons. The van der Waals surface area contributed by atoms with Gasteiger partial charge in [-0.15, -0.1) is 0 Å². The molecule has 0 aliphatic heterocycles. The molecule has 2 aromatic heterocycles. The molecular formula is C14H13N3O2S. The fraction of sp³-hybridized carbons (Fsp3) is 0.0714. The zero-order chi connectivity index (χ0) is 14.2. The predicted octanol–water partition coefficient (Wildman–Crippen LogP) is 2.13. The van der Waals surface area contributed by atoms with Crippen LogP contribution in [0.15, 0.2) is 66.1 Å². The van der Waals surface area contributed by atoms with Crippen LogP contribution in [0.4, 0.5) is 0 Å². The Morgan fingerprint density at radius 2 is 1.80 bits per heavy atom.